The van der Waals surface area contributed by atoms with Gasteiger partial charge < -0.3 is 14.7 Å². The molecule has 2 aromatic carbocycles. The van der Waals surface area contributed by atoms with E-state index in [1.165, 1.54) is 11.1 Å². The van der Waals surface area contributed by atoms with E-state index in [0.29, 0.717) is 19.6 Å². The Morgan fingerprint density at radius 2 is 1.96 bits per heavy atom. The summed E-state index contributed by atoms with van der Waals surface area (Å²) in [5.41, 5.74) is 5.81. The smallest absolute Gasteiger partial charge is 0.210 e. The number of carbonyl (C=O) groups is 1. The molecule has 1 heterocycles. The zero-order valence-electron chi connectivity index (χ0n) is 16.3. The quantitative estimate of drug-likeness (QED) is 0.538. The molecule has 1 atom stereocenters. The summed E-state index contributed by atoms with van der Waals surface area (Å²) >= 11 is 6.24. The molecule has 148 valence electrons. The summed E-state index contributed by atoms with van der Waals surface area (Å²) < 4.78 is 5.62. The third-order valence-corrected chi connectivity index (χ3v) is 5.50. The highest BCUT2D eigenvalue weighted by Crippen LogP contribution is 2.40. The number of carbonyl (C=O) groups excluding carboxylic acids is 1. The Kier molecular flexibility index (Phi) is 6.76. The average Bonchev–Trinajstić information content (AvgIpc) is 2.70. The van der Waals surface area contributed by atoms with Crippen molar-refractivity contribution in [2.75, 3.05) is 19.8 Å². The van der Waals surface area contributed by atoms with Crippen molar-refractivity contribution in [3.8, 4) is 5.75 Å². The molecule has 4 nitrogen and oxygen atoms in total. The Bertz CT molecular complexity index is 861. The van der Waals surface area contributed by atoms with E-state index in [1.807, 2.05) is 47.4 Å². The Morgan fingerprint density at radius 1 is 1.21 bits per heavy atom. The first kappa shape index (κ1) is 20.4. The van der Waals surface area contributed by atoms with Gasteiger partial charge in [0.1, 0.15) is 5.75 Å². The Labute approximate surface area is 171 Å². The molecule has 0 bridgehead atoms. The maximum atomic E-state index is 11.7. The van der Waals surface area contributed by atoms with Crippen LogP contribution >= 0.6 is 11.6 Å². The minimum Gasteiger partial charge on any atom is -0.494 e. The van der Waals surface area contributed by atoms with Crippen molar-refractivity contribution in [1.29, 1.82) is 0 Å². The van der Waals surface area contributed by atoms with Crippen LogP contribution in [0.2, 0.25) is 5.02 Å². The van der Waals surface area contributed by atoms with Crippen LogP contribution in [0.25, 0.3) is 5.57 Å². The summed E-state index contributed by atoms with van der Waals surface area (Å²) in [7, 11) is 0. The predicted octanol–water partition coefficient (Wildman–Crippen LogP) is 4.79. The van der Waals surface area contributed by atoms with Crippen molar-refractivity contribution in [3.05, 3.63) is 69.8 Å². The van der Waals surface area contributed by atoms with Crippen LogP contribution in [0.5, 0.6) is 5.75 Å². The monoisotopic (exact) mass is 399 g/mol. The summed E-state index contributed by atoms with van der Waals surface area (Å²) in [6.45, 7) is 5.45. The average molecular weight is 400 g/mol. The predicted molar refractivity (Wildman–Crippen MR) is 113 cm³/mol. The minimum absolute atomic E-state index is 0.105. The fraction of sp³-hybridized carbons (Fsp3) is 0.348. The number of amides is 1. The molecule has 5 heteroatoms. The normalized spacial score (nSPS) is 17.0. The van der Waals surface area contributed by atoms with Crippen LogP contribution in [-0.2, 0) is 4.79 Å². The first-order valence-corrected chi connectivity index (χ1v) is 9.93. The molecule has 0 aliphatic carbocycles. The molecule has 1 aliphatic rings. The van der Waals surface area contributed by atoms with Gasteiger partial charge in [0.15, 0.2) is 0 Å². The molecule has 0 spiro atoms. The summed E-state index contributed by atoms with van der Waals surface area (Å²) in [5, 5.41) is 9.59. The number of rotatable bonds is 7. The summed E-state index contributed by atoms with van der Waals surface area (Å²) in [6, 6.07) is 13.7. The zero-order valence-corrected chi connectivity index (χ0v) is 17.1. The molecule has 0 aromatic heterocycles. The van der Waals surface area contributed by atoms with Crippen LogP contribution < -0.4 is 4.74 Å². The summed E-state index contributed by atoms with van der Waals surface area (Å²) in [5.74, 6) is 0.762. The molecule has 2 aromatic rings. The number of nitrogens with zero attached hydrogens (tertiary/aromatic N) is 1. The van der Waals surface area contributed by atoms with E-state index in [2.05, 4.69) is 13.8 Å². The number of aliphatic hydroxyl groups excluding tert-OH is 1. The van der Waals surface area contributed by atoms with Crippen molar-refractivity contribution in [1.82, 2.24) is 4.90 Å². The number of halogens is 1. The lowest BCUT2D eigenvalue weighted by Gasteiger charge is -2.36. The second-order valence-corrected chi connectivity index (χ2v) is 7.55. The first-order chi connectivity index (χ1) is 13.5. The van der Waals surface area contributed by atoms with Crippen LogP contribution in [0.4, 0.5) is 0 Å². The van der Waals surface area contributed by atoms with Gasteiger partial charge in [-0.15, -0.1) is 0 Å². The Morgan fingerprint density at radius 3 is 2.64 bits per heavy atom. The molecule has 0 radical (unpaired) electrons. The van der Waals surface area contributed by atoms with Crippen molar-refractivity contribution in [3.63, 3.8) is 0 Å². The van der Waals surface area contributed by atoms with Crippen LogP contribution in [-0.4, -0.2) is 36.2 Å². The lowest BCUT2D eigenvalue weighted by atomic mass is 9.85. The molecule has 1 amide bonds. The molecule has 0 saturated heterocycles. The number of hydrogen-bond acceptors (Lipinski definition) is 3. The molecular weight excluding hydrogens is 374 g/mol. The fourth-order valence-corrected chi connectivity index (χ4v) is 3.98. The van der Waals surface area contributed by atoms with Crippen molar-refractivity contribution < 1.29 is 14.6 Å². The summed E-state index contributed by atoms with van der Waals surface area (Å²) in [6.07, 6.45) is 2.35. The van der Waals surface area contributed by atoms with E-state index in [9.17, 15) is 4.79 Å². The van der Waals surface area contributed by atoms with Gasteiger partial charge in [-0.25, -0.2) is 0 Å². The fourth-order valence-electron chi connectivity index (χ4n) is 3.80. The third-order valence-electron chi connectivity index (χ3n) is 5.26. The first-order valence-electron chi connectivity index (χ1n) is 9.56. The van der Waals surface area contributed by atoms with Crippen LogP contribution in [0.3, 0.4) is 0 Å². The molecule has 0 saturated carbocycles. The van der Waals surface area contributed by atoms with Crippen LogP contribution in [0.1, 0.15) is 42.5 Å². The molecule has 1 aliphatic heterocycles. The maximum Gasteiger partial charge on any atom is 0.210 e. The largest absolute Gasteiger partial charge is 0.494 e. The Hall–Kier alpha value is -2.30. The number of benzene rings is 2. The standard InChI is InChI=1S/C23H26ClNO3/c1-16-4-7-19(24)14-22(16)21-10-11-25(15-27)23(17(21)2)18-5-8-20(9-6-18)28-13-3-12-26/h4-9,14-15,23,26H,3,10-13H2,1-2H3. The van der Waals surface area contributed by atoms with Gasteiger partial charge in [0.25, 0.3) is 0 Å². The molecule has 0 fully saturated rings. The maximum absolute atomic E-state index is 11.7. The zero-order chi connectivity index (χ0) is 20.1. The van der Waals surface area contributed by atoms with Gasteiger partial charge in [-0.05, 0) is 72.4 Å². The van der Waals surface area contributed by atoms with E-state index in [1.54, 1.807) is 0 Å². The lowest BCUT2D eigenvalue weighted by molar-refractivity contribution is -0.119. The topological polar surface area (TPSA) is 49.8 Å². The second-order valence-electron chi connectivity index (χ2n) is 7.11. The molecule has 28 heavy (non-hydrogen) atoms. The molecular formula is C23H26ClNO3. The third kappa shape index (κ3) is 4.40. The van der Waals surface area contributed by atoms with E-state index < -0.39 is 0 Å². The van der Waals surface area contributed by atoms with E-state index >= 15 is 0 Å². The molecule has 3 rings (SSSR count). The van der Waals surface area contributed by atoms with Crippen molar-refractivity contribution in [2.45, 2.75) is 32.7 Å². The highest BCUT2D eigenvalue weighted by atomic mass is 35.5. The highest BCUT2D eigenvalue weighted by molar-refractivity contribution is 6.30. The Balaban J connectivity index is 1.94. The second kappa shape index (κ2) is 9.26. The highest BCUT2D eigenvalue weighted by Gasteiger charge is 2.28. The summed E-state index contributed by atoms with van der Waals surface area (Å²) in [4.78, 5) is 13.6. The van der Waals surface area contributed by atoms with Crippen LogP contribution in [0, 0.1) is 6.92 Å². The van der Waals surface area contributed by atoms with E-state index in [0.717, 1.165) is 40.3 Å². The van der Waals surface area contributed by atoms with E-state index in [4.69, 9.17) is 21.4 Å². The van der Waals surface area contributed by atoms with Gasteiger partial charge in [-0.1, -0.05) is 29.8 Å². The van der Waals surface area contributed by atoms with Crippen molar-refractivity contribution in [2.24, 2.45) is 0 Å². The van der Waals surface area contributed by atoms with Gasteiger partial charge in [0.2, 0.25) is 6.41 Å². The lowest BCUT2D eigenvalue weighted by Crippen LogP contribution is -2.33. The number of hydrogen-bond donors (Lipinski definition) is 1. The number of aliphatic hydroxyl groups is 1. The van der Waals surface area contributed by atoms with Crippen molar-refractivity contribution >= 4 is 23.6 Å². The van der Waals surface area contributed by atoms with Gasteiger partial charge in [0.05, 0.1) is 12.6 Å². The van der Waals surface area contributed by atoms with Gasteiger partial charge in [-0.2, -0.15) is 0 Å². The SMILES string of the molecule is CC1=C(c2cc(Cl)ccc2C)CCN(C=O)C1c1ccc(OCCCO)cc1. The van der Waals surface area contributed by atoms with Gasteiger partial charge in [-0.3, -0.25) is 4.79 Å². The van der Waals surface area contributed by atoms with Crippen LogP contribution in [0.15, 0.2) is 48.0 Å². The minimum atomic E-state index is -0.105. The number of aryl methyl sites for hydroxylation is 1. The van der Waals surface area contributed by atoms with E-state index in [-0.39, 0.29) is 12.6 Å². The van der Waals surface area contributed by atoms with Gasteiger partial charge in [0, 0.05) is 24.6 Å². The molecule has 1 N–H and O–H groups in total. The van der Waals surface area contributed by atoms with Gasteiger partial charge >= 0.3 is 0 Å². The number of ether oxygens (including phenoxy) is 1. The molecule has 1 unspecified atom stereocenters.